The third-order valence-electron chi connectivity index (χ3n) is 6.15. The number of nitrogens with zero attached hydrogens (tertiary/aromatic N) is 1. The number of hydrogen-bond acceptors (Lipinski definition) is 5. The first-order valence-corrected chi connectivity index (χ1v) is 12.0. The van der Waals surface area contributed by atoms with Crippen LogP contribution in [-0.4, -0.2) is 42.0 Å². The fraction of sp³-hybridized carbons (Fsp3) is 0.429. The van der Waals surface area contributed by atoms with E-state index >= 15 is 0 Å². The van der Waals surface area contributed by atoms with E-state index < -0.39 is 17.7 Å². The number of methoxy groups -OCH3 is 1. The van der Waals surface area contributed by atoms with E-state index in [1.165, 1.54) is 0 Å². The van der Waals surface area contributed by atoms with E-state index in [1.807, 2.05) is 51.1 Å². The molecule has 0 saturated carbocycles. The van der Waals surface area contributed by atoms with Crippen molar-refractivity contribution in [3.05, 3.63) is 64.7 Å². The second-order valence-corrected chi connectivity index (χ2v) is 8.82. The minimum Gasteiger partial charge on any atom is -0.507 e. The molecule has 6 nitrogen and oxygen atoms in total. The summed E-state index contributed by atoms with van der Waals surface area (Å²) in [6.07, 6.45) is 2.73. The van der Waals surface area contributed by atoms with Gasteiger partial charge < -0.3 is 19.5 Å². The number of ether oxygens (including phenoxy) is 2. The highest BCUT2D eigenvalue weighted by atomic mass is 16.5. The summed E-state index contributed by atoms with van der Waals surface area (Å²) in [4.78, 5) is 27.9. The SMILES string of the molecule is CCCCCN1C(=O)C(=O)/C(=C(/O)c2ccc(OC)c(C(C)C)c2)C1c1cccc(OCC)c1. The largest absolute Gasteiger partial charge is 0.507 e. The van der Waals surface area contributed by atoms with Gasteiger partial charge in [-0.25, -0.2) is 0 Å². The van der Waals surface area contributed by atoms with Crippen LogP contribution in [0, 0.1) is 0 Å². The average Bonchev–Trinajstić information content (AvgIpc) is 3.08. The van der Waals surface area contributed by atoms with E-state index in [2.05, 4.69) is 6.92 Å². The molecule has 1 unspecified atom stereocenters. The van der Waals surface area contributed by atoms with E-state index in [1.54, 1.807) is 24.1 Å². The van der Waals surface area contributed by atoms with Crippen LogP contribution in [0.15, 0.2) is 48.0 Å². The predicted molar refractivity (Wildman–Crippen MR) is 133 cm³/mol. The van der Waals surface area contributed by atoms with Crippen LogP contribution in [-0.2, 0) is 9.59 Å². The molecular formula is C28H35NO5. The van der Waals surface area contributed by atoms with Crippen LogP contribution in [0.3, 0.4) is 0 Å². The zero-order chi connectivity index (χ0) is 24.8. The molecule has 1 aliphatic heterocycles. The molecule has 0 aromatic heterocycles. The molecule has 0 radical (unpaired) electrons. The number of carbonyl (C=O) groups excluding carboxylic acids is 2. The lowest BCUT2D eigenvalue weighted by Gasteiger charge is -2.25. The maximum atomic E-state index is 13.2. The molecule has 0 spiro atoms. The summed E-state index contributed by atoms with van der Waals surface area (Å²) in [6.45, 7) is 9.01. The third-order valence-corrected chi connectivity index (χ3v) is 6.15. The van der Waals surface area contributed by atoms with Gasteiger partial charge in [-0.05, 0) is 60.7 Å². The number of Topliss-reactive ketones (excluding diaryl/α,β-unsaturated/α-hetero) is 1. The standard InChI is InChI=1S/C28H35NO5/c1-6-8-9-15-29-25(19-11-10-12-21(16-19)34-7-2)24(27(31)28(29)32)26(30)20-13-14-23(33-5)22(17-20)18(3)4/h10-14,16-18,25,30H,6-9,15H2,1-5H3/b26-24+. The maximum absolute atomic E-state index is 13.2. The van der Waals surface area contributed by atoms with Crippen LogP contribution in [0.4, 0.5) is 0 Å². The Morgan fingerprint density at radius 2 is 1.85 bits per heavy atom. The van der Waals surface area contributed by atoms with Gasteiger partial charge in [-0.2, -0.15) is 0 Å². The Balaban J connectivity index is 2.17. The van der Waals surface area contributed by atoms with Crippen LogP contribution in [0.25, 0.3) is 5.76 Å². The lowest BCUT2D eigenvalue weighted by Crippen LogP contribution is -2.30. The Hall–Kier alpha value is -3.28. The van der Waals surface area contributed by atoms with Crippen LogP contribution >= 0.6 is 0 Å². The van der Waals surface area contributed by atoms with E-state index in [9.17, 15) is 14.7 Å². The smallest absolute Gasteiger partial charge is 0.295 e. The summed E-state index contributed by atoms with van der Waals surface area (Å²) in [7, 11) is 1.61. The molecule has 1 aliphatic rings. The Morgan fingerprint density at radius 1 is 1.09 bits per heavy atom. The molecular weight excluding hydrogens is 430 g/mol. The number of ketones is 1. The fourth-order valence-corrected chi connectivity index (χ4v) is 4.42. The number of aliphatic hydroxyl groups is 1. The van der Waals surface area contributed by atoms with Gasteiger partial charge >= 0.3 is 0 Å². The second-order valence-electron chi connectivity index (χ2n) is 8.82. The zero-order valence-electron chi connectivity index (χ0n) is 20.8. The summed E-state index contributed by atoms with van der Waals surface area (Å²) < 4.78 is 11.1. The van der Waals surface area contributed by atoms with Crippen molar-refractivity contribution < 1.29 is 24.2 Å². The summed E-state index contributed by atoms with van der Waals surface area (Å²) in [5.74, 6) is 0.105. The Morgan fingerprint density at radius 3 is 2.50 bits per heavy atom. The highest BCUT2D eigenvalue weighted by Gasteiger charge is 2.45. The average molecular weight is 466 g/mol. The van der Waals surface area contributed by atoms with Crippen molar-refractivity contribution in [2.75, 3.05) is 20.3 Å². The third kappa shape index (κ3) is 5.11. The van der Waals surface area contributed by atoms with Gasteiger partial charge in [-0.1, -0.05) is 45.7 Å². The van der Waals surface area contributed by atoms with Crippen molar-refractivity contribution >= 4 is 17.4 Å². The van der Waals surface area contributed by atoms with E-state index in [0.29, 0.717) is 30.2 Å². The number of aliphatic hydroxyl groups excluding tert-OH is 1. The molecule has 1 fully saturated rings. The van der Waals surface area contributed by atoms with Crippen molar-refractivity contribution in [1.82, 2.24) is 4.90 Å². The normalized spacial score (nSPS) is 17.5. The molecule has 1 heterocycles. The molecule has 1 N–H and O–H groups in total. The molecule has 0 aliphatic carbocycles. The highest BCUT2D eigenvalue weighted by Crippen LogP contribution is 2.41. The molecule has 182 valence electrons. The summed E-state index contributed by atoms with van der Waals surface area (Å²) in [5, 5.41) is 11.4. The number of hydrogen-bond donors (Lipinski definition) is 1. The first-order chi connectivity index (χ1) is 16.3. The van der Waals surface area contributed by atoms with Crippen LogP contribution in [0.2, 0.25) is 0 Å². The summed E-state index contributed by atoms with van der Waals surface area (Å²) in [5.41, 5.74) is 2.25. The van der Waals surface area contributed by atoms with Crippen molar-refractivity contribution in [2.45, 2.75) is 58.9 Å². The van der Waals surface area contributed by atoms with Crippen LogP contribution in [0.5, 0.6) is 11.5 Å². The number of unbranched alkanes of at least 4 members (excludes halogenated alkanes) is 2. The number of likely N-dealkylation sites (tertiary alicyclic amines) is 1. The lowest BCUT2D eigenvalue weighted by molar-refractivity contribution is -0.139. The van der Waals surface area contributed by atoms with Crippen molar-refractivity contribution in [3.63, 3.8) is 0 Å². The number of carbonyl (C=O) groups is 2. The Bertz CT molecular complexity index is 1070. The molecule has 1 atom stereocenters. The zero-order valence-corrected chi connectivity index (χ0v) is 20.8. The molecule has 2 aromatic rings. The topological polar surface area (TPSA) is 76.1 Å². The van der Waals surface area contributed by atoms with Gasteiger partial charge in [0.25, 0.3) is 11.7 Å². The summed E-state index contributed by atoms with van der Waals surface area (Å²) >= 11 is 0. The first-order valence-electron chi connectivity index (χ1n) is 12.0. The van der Waals surface area contributed by atoms with Gasteiger partial charge in [0.2, 0.25) is 0 Å². The molecule has 2 aromatic carbocycles. The molecule has 0 bridgehead atoms. The molecule has 34 heavy (non-hydrogen) atoms. The lowest BCUT2D eigenvalue weighted by atomic mass is 9.93. The van der Waals surface area contributed by atoms with E-state index in [-0.39, 0.29) is 17.3 Å². The van der Waals surface area contributed by atoms with E-state index in [4.69, 9.17) is 9.47 Å². The molecule has 6 heteroatoms. The maximum Gasteiger partial charge on any atom is 0.295 e. The van der Waals surface area contributed by atoms with Gasteiger partial charge in [0, 0.05) is 12.1 Å². The summed E-state index contributed by atoms with van der Waals surface area (Å²) in [6, 6.07) is 12.1. The monoisotopic (exact) mass is 465 g/mol. The van der Waals surface area contributed by atoms with E-state index in [0.717, 1.165) is 30.4 Å². The van der Waals surface area contributed by atoms with Crippen molar-refractivity contribution in [3.8, 4) is 11.5 Å². The Labute approximate surface area is 202 Å². The second kappa shape index (κ2) is 11.2. The van der Waals surface area contributed by atoms with Gasteiger partial charge in [0.1, 0.15) is 17.3 Å². The Kier molecular flexibility index (Phi) is 8.37. The minimum absolute atomic E-state index is 0.106. The fourth-order valence-electron chi connectivity index (χ4n) is 4.42. The number of benzene rings is 2. The number of rotatable bonds is 10. The van der Waals surface area contributed by atoms with Gasteiger partial charge in [-0.15, -0.1) is 0 Å². The molecule has 3 rings (SSSR count). The predicted octanol–water partition coefficient (Wildman–Crippen LogP) is 5.83. The van der Waals surface area contributed by atoms with Gasteiger partial charge in [0.15, 0.2) is 0 Å². The minimum atomic E-state index is -0.679. The van der Waals surface area contributed by atoms with Crippen LogP contribution in [0.1, 0.15) is 75.6 Å². The highest BCUT2D eigenvalue weighted by molar-refractivity contribution is 6.46. The van der Waals surface area contributed by atoms with Crippen molar-refractivity contribution in [1.29, 1.82) is 0 Å². The first kappa shape index (κ1) is 25.3. The van der Waals surface area contributed by atoms with Gasteiger partial charge in [0.05, 0.1) is 25.3 Å². The quantitative estimate of drug-likeness (QED) is 0.207. The number of amides is 1. The molecule has 1 amide bonds. The van der Waals surface area contributed by atoms with Crippen LogP contribution < -0.4 is 9.47 Å². The molecule has 1 saturated heterocycles. The van der Waals surface area contributed by atoms with Gasteiger partial charge in [-0.3, -0.25) is 9.59 Å². The van der Waals surface area contributed by atoms with Crippen molar-refractivity contribution in [2.24, 2.45) is 0 Å².